The van der Waals surface area contributed by atoms with Gasteiger partial charge in [0.15, 0.2) is 6.20 Å². The lowest BCUT2D eigenvalue weighted by atomic mass is 10.1. The summed E-state index contributed by atoms with van der Waals surface area (Å²) in [6.07, 6.45) is 6.09. The summed E-state index contributed by atoms with van der Waals surface area (Å²) in [5, 5.41) is 0. The molecule has 0 atom stereocenters. The van der Waals surface area contributed by atoms with Gasteiger partial charge in [0.1, 0.15) is 0 Å². The molecule has 1 aromatic heterocycles. The van der Waals surface area contributed by atoms with Crippen LogP contribution in [0.1, 0.15) is 27.2 Å². The van der Waals surface area contributed by atoms with Gasteiger partial charge in [0.05, 0.1) is 0 Å². The van der Waals surface area contributed by atoms with Crippen LogP contribution in [0.5, 0.6) is 0 Å². The van der Waals surface area contributed by atoms with Gasteiger partial charge in [-0.2, -0.15) is 4.57 Å². The molecule has 0 N–H and O–H groups in total. The summed E-state index contributed by atoms with van der Waals surface area (Å²) in [6.45, 7) is 2.38. The van der Waals surface area contributed by atoms with Crippen LogP contribution in [0.25, 0.3) is 12.2 Å². The van der Waals surface area contributed by atoms with E-state index in [9.17, 15) is 4.79 Å². The highest BCUT2D eigenvalue weighted by Crippen LogP contribution is 2.12. The molecule has 0 fully saturated rings. The largest absolute Gasteiger partial charge is 0.287 e. The molecule has 0 amide bonds. The minimum atomic E-state index is 0.0949. The maximum atomic E-state index is 12.6. The number of pyridine rings is 1. The van der Waals surface area contributed by atoms with Gasteiger partial charge in [-0.1, -0.05) is 58.4 Å². The number of nitrogens with zero attached hydrogens (tertiary/aromatic N) is 1. The third kappa shape index (κ3) is 4.52. The van der Waals surface area contributed by atoms with E-state index in [2.05, 4.69) is 53.2 Å². The number of carbonyl (C=O) groups is 1. The topological polar surface area (TPSA) is 20.9 Å². The molecule has 3 heteroatoms. The van der Waals surface area contributed by atoms with Crippen molar-refractivity contribution in [3.8, 4) is 0 Å². The Morgan fingerprint density at radius 3 is 2.40 bits per heavy atom. The van der Waals surface area contributed by atoms with Gasteiger partial charge in [0.25, 0.3) is 0 Å². The molecular formula is C22H19BrNO+. The lowest BCUT2D eigenvalue weighted by Crippen LogP contribution is -2.41. The molecule has 25 heavy (non-hydrogen) atoms. The zero-order chi connectivity index (χ0) is 17.6. The predicted molar refractivity (Wildman–Crippen MR) is 105 cm³/mol. The molecule has 124 valence electrons. The first-order chi connectivity index (χ1) is 12.1. The molecule has 3 aromatic rings. The number of aryl methyl sites for hydroxylation is 1. The average molecular weight is 393 g/mol. The van der Waals surface area contributed by atoms with Gasteiger partial charge >= 0.3 is 0 Å². The van der Waals surface area contributed by atoms with Crippen molar-refractivity contribution in [2.45, 2.75) is 13.5 Å². The van der Waals surface area contributed by atoms with Crippen molar-refractivity contribution in [3.63, 3.8) is 0 Å². The van der Waals surface area contributed by atoms with Crippen LogP contribution in [0.15, 0.2) is 77.4 Å². The Morgan fingerprint density at radius 1 is 0.960 bits per heavy atom. The smallest absolute Gasteiger partial charge is 0.227 e. The predicted octanol–water partition coefficient (Wildman–Crippen LogP) is 5.10. The molecule has 0 aliphatic heterocycles. The third-order valence-corrected chi connectivity index (χ3v) is 4.57. The van der Waals surface area contributed by atoms with Crippen LogP contribution in [0.2, 0.25) is 0 Å². The Morgan fingerprint density at radius 2 is 1.68 bits per heavy atom. The molecule has 2 aromatic carbocycles. The summed E-state index contributed by atoms with van der Waals surface area (Å²) >= 11 is 3.40. The zero-order valence-electron chi connectivity index (χ0n) is 14.0. The summed E-state index contributed by atoms with van der Waals surface area (Å²) in [7, 11) is 0. The van der Waals surface area contributed by atoms with Crippen molar-refractivity contribution in [2.75, 3.05) is 0 Å². The Bertz CT molecular complexity index is 899. The van der Waals surface area contributed by atoms with Gasteiger partial charge in [0, 0.05) is 27.7 Å². The fourth-order valence-corrected chi connectivity index (χ4v) is 2.93. The van der Waals surface area contributed by atoms with Gasteiger partial charge in [-0.25, -0.2) is 0 Å². The summed E-state index contributed by atoms with van der Waals surface area (Å²) in [4.78, 5) is 12.6. The van der Waals surface area contributed by atoms with Crippen molar-refractivity contribution >= 4 is 33.9 Å². The molecule has 0 spiro atoms. The Kier molecular flexibility index (Phi) is 5.56. The first-order valence-corrected chi connectivity index (χ1v) is 8.94. The highest BCUT2D eigenvalue weighted by atomic mass is 79.9. The van der Waals surface area contributed by atoms with Crippen molar-refractivity contribution in [1.82, 2.24) is 0 Å². The minimum absolute atomic E-state index is 0.0949. The van der Waals surface area contributed by atoms with Crippen LogP contribution in [-0.4, -0.2) is 5.78 Å². The van der Waals surface area contributed by atoms with Gasteiger partial charge in [0.2, 0.25) is 18.0 Å². The molecule has 0 aliphatic rings. The molecule has 1 heterocycles. The molecular weight excluding hydrogens is 374 g/mol. The Hall–Kier alpha value is -2.52. The van der Waals surface area contributed by atoms with Crippen LogP contribution in [0.3, 0.4) is 0 Å². The second-order valence-electron chi connectivity index (χ2n) is 5.88. The lowest BCUT2D eigenvalue weighted by Gasteiger charge is -2.04. The van der Waals surface area contributed by atoms with Crippen molar-refractivity contribution < 1.29 is 9.36 Å². The first kappa shape index (κ1) is 17.3. The number of benzene rings is 2. The highest BCUT2D eigenvalue weighted by molar-refractivity contribution is 9.10. The third-order valence-electron chi connectivity index (χ3n) is 4.04. The number of carbonyl (C=O) groups excluding carboxylic acids is 1. The monoisotopic (exact) mass is 392 g/mol. The Labute approximate surface area is 156 Å². The second kappa shape index (κ2) is 8.04. The highest BCUT2D eigenvalue weighted by Gasteiger charge is 2.16. The number of Topliss-reactive ketones (excluding diaryl/α,β-unsaturated/α-hetero) is 1. The minimum Gasteiger partial charge on any atom is -0.287 e. The molecule has 0 aliphatic carbocycles. The fraction of sp³-hybridized carbons (Fsp3) is 0.0909. The van der Waals surface area contributed by atoms with Crippen LogP contribution in [0, 0.1) is 6.92 Å². The summed E-state index contributed by atoms with van der Waals surface area (Å²) < 4.78 is 2.97. The van der Waals surface area contributed by atoms with Crippen LogP contribution in [0.4, 0.5) is 0 Å². The van der Waals surface area contributed by atoms with Gasteiger partial charge in [-0.05, 0) is 36.8 Å². The van der Waals surface area contributed by atoms with E-state index < -0.39 is 0 Å². The average Bonchev–Trinajstić information content (AvgIpc) is 2.62. The molecule has 0 unspecified atom stereocenters. The van der Waals surface area contributed by atoms with E-state index in [1.807, 2.05) is 59.3 Å². The maximum absolute atomic E-state index is 12.6. The number of hydrogen-bond donors (Lipinski definition) is 0. The van der Waals surface area contributed by atoms with E-state index in [0.29, 0.717) is 6.54 Å². The van der Waals surface area contributed by atoms with E-state index in [-0.39, 0.29) is 5.78 Å². The summed E-state index contributed by atoms with van der Waals surface area (Å²) in [5.74, 6) is 0.0949. The fourth-order valence-electron chi connectivity index (χ4n) is 2.67. The van der Waals surface area contributed by atoms with Gasteiger partial charge in [-0.3, -0.25) is 4.79 Å². The quantitative estimate of drug-likeness (QED) is 0.437. The Balaban J connectivity index is 1.87. The standard InChI is InChI=1S/C22H19BrNO/c1-17-6-5-15-24(16-22(25)19-10-12-20(23)13-11-19)21(17)14-9-18-7-3-2-4-8-18/h2-15H,16H2,1H3/q+1/b14-9+. The molecule has 0 saturated carbocycles. The molecule has 2 nitrogen and oxygen atoms in total. The van der Waals surface area contributed by atoms with Crippen molar-refractivity contribution in [1.29, 1.82) is 0 Å². The van der Waals surface area contributed by atoms with E-state index in [4.69, 9.17) is 0 Å². The van der Waals surface area contributed by atoms with Crippen molar-refractivity contribution in [2.24, 2.45) is 0 Å². The van der Waals surface area contributed by atoms with Crippen molar-refractivity contribution in [3.05, 3.63) is 99.8 Å². The molecule has 0 saturated heterocycles. The zero-order valence-corrected chi connectivity index (χ0v) is 15.6. The van der Waals surface area contributed by atoms with Gasteiger partial charge < -0.3 is 0 Å². The first-order valence-electron chi connectivity index (χ1n) is 8.14. The van der Waals surface area contributed by atoms with E-state index in [1.54, 1.807) is 0 Å². The normalized spacial score (nSPS) is 11.0. The van der Waals surface area contributed by atoms with Crippen LogP contribution < -0.4 is 4.57 Å². The summed E-state index contributed by atoms with van der Waals surface area (Å²) in [6, 6.07) is 21.7. The summed E-state index contributed by atoms with van der Waals surface area (Å²) in [5.41, 5.74) is 4.03. The molecule has 0 radical (unpaired) electrons. The SMILES string of the molecule is Cc1ccc[n+](CC(=O)c2ccc(Br)cc2)c1/C=C/c1ccccc1. The number of hydrogen-bond acceptors (Lipinski definition) is 1. The van der Waals surface area contributed by atoms with Crippen LogP contribution in [-0.2, 0) is 6.54 Å². The molecule has 3 rings (SSSR count). The van der Waals surface area contributed by atoms with Crippen LogP contribution >= 0.6 is 15.9 Å². The van der Waals surface area contributed by atoms with E-state index in [1.165, 1.54) is 0 Å². The second-order valence-corrected chi connectivity index (χ2v) is 6.79. The van der Waals surface area contributed by atoms with E-state index in [0.717, 1.165) is 26.9 Å². The number of aromatic nitrogens is 1. The number of ketones is 1. The maximum Gasteiger partial charge on any atom is 0.227 e. The number of halogens is 1. The number of rotatable bonds is 5. The lowest BCUT2D eigenvalue weighted by molar-refractivity contribution is -0.685. The molecule has 0 bridgehead atoms. The van der Waals surface area contributed by atoms with E-state index >= 15 is 0 Å². The van der Waals surface area contributed by atoms with Gasteiger partial charge in [-0.15, -0.1) is 0 Å².